The zero-order valence-corrected chi connectivity index (χ0v) is 7.60. The molecule has 0 aliphatic carbocycles. The van der Waals surface area contributed by atoms with Gasteiger partial charge in [0.05, 0.1) is 12.8 Å². The SMILES string of the molecule is COc1cccc(C(N)CCO)n1. The molecule has 0 amide bonds. The van der Waals surface area contributed by atoms with E-state index in [2.05, 4.69) is 4.98 Å². The quantitative estimate of drug-likeness (QED) is 0.710. The fourth-order valence-electron chi connectivity index (χ4n) is 1.04. The maximum Gasteiger partial charge on any atom is 0.213 e. The molecule has 1 atom stereocenters. The number of hydrogen-bond donors (Lipinski definition) is 2. The molecular formula is C9H14N2O2. The molecule has 1 aromatic rings. The molecule has 4 heteroatoms. The third-order valence-corrected chi connectivity index (χ3v) is 1.77. The number of aliphatic hydroxyl groups is 1. The van der Waals surface area contributed by atoms with Crippen LogP contribution in [0.5, 0.6) is 5.88 Å². The van der Waals surface area contributed by atoms with E-state index in [4.69, 9.17) is 15.6 Å². The Kier molecular flexibility index (Phi) is 3.67. The van der Waals surface area contributed by atoms with Crippen molar-refractivity contribution in [2.24, 2.45) is 5.73 Å². The summed E-state index contributed by atoms with van der Waals surface area (Å²) in [5, 5.41) is 8.69. The van der Waals surface area contributed by atoms with Gasteiger partial charge < -0.3 is 15.6 Å². The molecule has 72 valence electrons. The number of nitrogens with zero attached hydrogens (tertiary/aromatic N) is 1. The van der Waals surface area contributed by atoms with Gasteiger partial charge in [0, 0.05) is 18.7 Å². The number of aromatic nitrogens is 1. The topological polar surface area (TPSA) is 68.4 Å². The first-order valence-corrected chi connectivity index (χ1v) is 4.15. The van der Waals surface area contributed by atoms with Crippen LogP contribution in [0.4, 0.5) is 0 Å². The van der Waals surface area contributed by atoms with Gasteiger partial charge in [-0.05, 0) is 12.5 Å². The van der Waals surface area contributed by atoms with E-state index >= 15 is 0 Å². The molecule has 13 heavy (non-hydrogen) atoms. The molecule has 0 aliphatic heterocycles. The lowest BCUT2D eigenvalue weighted by Crippen LogP contribution is -2.13. The van der Waals surface area contributed by atoms with Crippen LogP contribution in [-0.4, -0.2) is 23.8 Å². The molecular weight excluding hydrogens is 168 g/mol. The largest absolute Gasteiger partial charge is 0.481 e. The highest BCUT2D eigenvalue weighted by Crippen LogP contribution is 2.14. The molecule has 0 saturated heterocycles. The van der Waals surface area contributed by atoms with Crippen LogP contribution in [-0.2, 0) is 0 Å². The number of ether oxygens (including phenoxy) is 1. The molecule has 1 aromatic heterocycles. The van der Waals surface area contributed by atoms with Crippen molar-refractivity contribution in [1.29, 1.82) is 0 Å². The summed E-state index contributed by atoms with van der Waals surface area (Å²) in [6, 6.07) is 5.19. The summed E-state index contributed by atoms with van der Waals surface area (Å²) in [7, 11) is 1.56. The summed E-state index contributed by atoms with van der Waals surface area (Å²) in [6.45, 7) is 0.0695. The number of methoxy groups -OCH3 is 1. The molecule has 3 N–H and O–H groups in total. The maximum atomic E-state index is 8.69. The minimum absolute atomic E-state index is 0.0695. The first kappa shape index (κ1) is 9.95. The van der Waals surface area contributed by atoms with Gasteiger partial charge in [0.2, 0.25) is 5.88 Å². The number of rotatable bonds is 4. The van der Waals surface area contributed by atoms with Crippen LogP contribution < -0.4 is 10.5 Å². The van der Waals surface area contributed by atoms with E-state index in [9.17, 15) is 0 Å². The van der Waals surface area contributed by atoms with Crippen molar-refractivity contribution in [1.82, 2.24) is 4.98 Å². The lowest BCUT2D eigenvalue weighted by atomic mass is 10.1. The summed E-state index contributed by atoms with van der Waals surface area (Å²) in [5.74, 6) is 0.547. The Morgan fingerprint density at radius 1 is 1.62 bits per heavy atom. The lowest BCUT2D eigenvalue weighted by molar-refractivity contribution is 0.275. The number of hydrogen-bond acceptors (Lipinski definition) is 4. The Labute approximate surface area is 77.4 Å². The minimum atomic E-state index is -0.222. The van der Waals surface area contributed by atoms with Crippen LogP contribution in [0, 0.1) is 0 Å². The Balaban J connectivity index is 2.75. The van der Waals surface area contributed by atoms with E-state index in [-0.39, 0.29) is 12.6 Å². The molecule has 1 heterocycles. The van der Waals surface area contributed by atoms with Gasteiger partial charge in [-0.15, -0.1) is 0 Å². The smallest absolute Gasteiger partial charge is 0.213 e. The molecule has 0 aromatic carbocycles. The minimum Gasteiger partial charge on any atom is -0.481 e. The normalized spacial score (nSPS) is 12.5. The number of pyridine rings is 1. The fraction of sp³-hybridized carbons (Fsp3) is 0.444. The van der Waals surface area contributed by atoms with E-state index in [1.807, 2.05) is 12.1 Å². The van der Waals surface area contributed by atoms with Crippen LogP contribution >= 0.6 is 0 Å². The van der Waals surface area contributed by atoms with Gasteiger partial charge in [0.25, 0.3) is 0 Å². The Hall–Kier alpha value is -1.13. The van der Waals surface area contributed by atoms with Crippen molar-refractivity contribution >= 4 is 0 Å². The highest BCUT2D eigenvalue weighted by Gasteiger charge is 2.06. The van der Waals surface area contributed by atoms with Crippen molar-refractivity contribution in [3.63, 3.8) is 0 Å². The highest BCUT2D eigenvalue weighted by atomic mass is 16.5. The second-order valence-corrected chi connectivity index (χ2v) is 2.72. The van der Waals surface area contributed by atoms with E-state index in [1.54, 1.807) is 13.2 Å². The average molecular weight is 182 g/mol. The fourth-order valence-corrected chi connectivity index (χ4v) is 1.04. The van der Waals surface area contributed by atoms with E-state index in [0.29, 0.717) is 12.3 Å². The summed E-state index contributed by atoms with van der Waals surface area (Å²) in [6.07, 6.45) is 0.514. The first-order chi connectivity index (χ1) is 6.27. The van der Waals surface area contributed by atoms with E-state index in [0.717, 1.165) is 5.69 Å². The van der Waals surface area contributed by atoms with Gasteiger partial charge >= 0.3 is 0 Å². The molecule has 0 spiro atoms. The standard InChI is InChI=1S/C9H14N2O2/c1-13-9-4-2-3-8(11-9)7(10)5-6-12/h2-4,7,12H,5-6,10H2,1H3. The van der Waals surface area contributed by atoms with Gasteiger partial charge in [-0.3, -0.25) is 0 Å². The van der Waals surface area contributed by atoms with Gasteiger partial charge in [0.1, 0.15) is 0 Å². The number of nitrogens with two attached hydrogens (primary N) is 1. The summed E-state index contributed by atoms with van der Waals surface area (Å²) in [5.41, 5.74) is 6.49. The van der Waals surface area contributed by atoms with E-state index in [1.165, 1.54) is 0 Å². The highest BCUT2D eigenvalue weighted by molar-refractivity contribution is 5.17. The van der Waals surface area contributed by atoms with Gasteiger partial charge in [0.15, 0.2) is 0 Å². The Morgan fingerprint density at radius 2 is 2.38 bits per heavy atom. The maximum absolute atomic E-state index is 8.69. The van der Waals surface area contributed by atoms with Crippen LogP contribution in [0.1, 0.15) is 18.2 Å². The molecule has 0 fully saturated rings. The van der Waals surface area contributed by atoms with Crippen molar-refractivity contribution in [2.75, 3.05) is 13.7 Å². The van der Waals surface area contributed by atoms with Crippen LogP contribution in [0.25, 0.3) is 0 Å². The molecule has 0 saturated carbocycles. The zero-order valence-electron chi connectivity index (χ0n) is 7.60. The van der Waals surface area contributed by atoms with Crippen molar-refractivity contribution in [2.45, 2.75) is 12.5 Å². The predicted octanol–water partition coefficient (Wildman–Crippen LogP) is 0.472. The van der Waals surface area contributed by atoms with Gasteiger partial charge in [-0.1, -0.05) is 6.07 Å². The van der Waals surface area contributed by atoms with Crippen LogP contribution in [0.2, 0.25) is 0 Å². The van der Waals surface area contributed by atoms with Crippen molar-refractivity contribution in [3.05, 3.63) is 23.9 Å². The Morgan fingerprint density at radius 3 is 3.00 bits per heavy atom. The van der Waals surface area contributed by atoms with Gasteiger partial charge in [-0.2, -0.15) is 0 Å². The van der Waals surface area contributed by atoms with E-state index < -0.39 is 0 Å². The molecule has 0 bridgehead atoms. The first-order valence-electron chi connectivity index (χ1n) is 4.15. The third kappa shape index (κ3) is 2.68. The molecule has 0 radical (unpaired) electrons. The molecule has 1 unspecified atom stereocenters. The predicted molar refractivity (Wildman–Crippen MR) is 49.4 cm³/mol. The Bertz CT molecular complexity index is 266. The number of aliphatic hydroxyl groups excluding tert-OH is 1. The molecule has 1 rings (SSSR count). The second-order valence-electron chi connectivity index (χ2n) is 2.72. The van der Waals surface area contributed by atoms with Gasteiger partial charge in [-0.25, -0.2) is 4.98 Å². The van der Waals surface area contributed by atoms with Crippen molar-refractivity contribution < 1.29 is 9.84 Å². The second kappa shape index (κ2) is 4.79. The molecule has 0 aliphatic rings. The average Bonchev–Trinajstić information content (AvgIpc) is 2.18. The van der Waals surface area contributed by atoms with Crippen LogP contribution in [0.3, 0.4) is 0 Å². The summed E-state index contributed by atoms with van der Waals surface area (Å²) in [4.78, 5) is 4.15. The monoisotopic (exact) mass is 182 g/mol. The third-order valence-electron chi connectivity index (χ3n) is 1.77. The lowest BCUT2D eigenvalue weighted by Gasteiger charge is -2.09. The van der Waals surface area contributed by atoms with Crippen LogP contribution in [0.15, 0.2) is 18.2 Å². The summed E-state index contributed by atoms with van der Waals surface area (Å²) >= 11 is 0. The zero-order chi connectivity index (χ0) is 9.68. The van der Waals surface area contributed by atoms with Crippen molar-refractivity contribution in [3.8, 4) is 5.88 Å². The molecule has 4 nitrogen and oxygen atoms in total. The summed E-state index contributed by atoms with van der Waals surface area (Å²) < 4.78 is 4.95.